The maximum Gasteiger partial charge on any atom is 0.253 e. The molecule has 4 nitrogen and oxygen atoms in total. The molecule has 0 fully saturated rings. The topological polar surface area (TPSA) is 49.6 Å². The minimum absolute atomic E-state index is 0.0253. The summed E-state index contributed by atoms with van der Waals surface area (Å²) >= 11 is 0. The zero-order valence-corrected chi connectivity index (χ0v) is 13.7. The Hall–Kier alpha value is -2.07. The Bertz CT molecular complexity index is 511. The van der Waals surface area contributed by atoms with Gasteiger partial charge in [0.2, 0.25) is 0 Å². The molecule has 0 aliphatic carbocycles. The Labute approximate surface area is 133 Å². The second kappa shape index (κ2) is 9.05. The van der Waals surface area contributed by atoms with Crippen LogP contribution in [0.15, 0.2) is 43.5 Å². The molecule has 0 heterocycles. The smallest absolute Gasteiger partial charge is 0.253 e. The summed E-state index contributed by atoms with van der Waals surface area (Å²) in [5.41, 5.74) is 8.44. The zero-order valence-electron chi connectivity index (χ0n) is 13.7. The molecule has 0 aliphatic rings. The number of nitrogens with two attached hydrogens (primary N) is 1. The molecule has 22 heavy (non-hydrogen) atoms. The number of benzene rings is 1. The van der Waals surface area contributed by atoms with Crippen LogP contribution in [0.4, 0.5) is 5.69 Å². The normalized spacial score (nSPS) is 10.5. The predicted molar refractivity (Wildman–Crippen MR) is 93.8 cm³/mol. The number of hydrogen-bond donors (Lipinski definition) is 1. The Morgan fingerprint density at radius 1 is 1.18 bits per heavy atom. The fourth-order valence-electron chi connectivity index (χ4n) is 2.38. The summed E-state index contributed by atoms with van der Waals surface area (Å²) < 4.78 is 0. The highest BCUT2D eigenvalue weighted by atomic mass is 16.2. The number of amides is 1. The van der Waals surface area contributed by atoms with Crippen molar-refractivity contribution in [1.29, 1.82) is 0 Å². The van der Waals surface area contributed by atoms with E-state index in [1.165, 1.54) is 0 Å². The number of nitrogen functional groups attached to an aromatic ring is 1. The van der Waals surface area contributed by atoms with Crippen LogP contribution in [0.2, 0.25) is 0 Å². The van der Waals surface area contributed by atoms with Crippen molar-refractivity contribution in [2.45, 2.75) is 20.4 Å². The first-order chi connectivity index (χ1) is 10.6. The van der Waals surface area contributed by atoms with Crippen LogP contribution in [0.25, 0.3) is 0 Å². The molecule has 0 saturated carbocycles. The van der Waals surface area contributed by atoms with Crippen LogP contribution < -0.4 is 5.73 Å². The Kier molecular flexibility index (Phi) is 7.40. The molecule has 0 bridgehead atoms. The monoisotopic (exact) mass is 301 g/mol. The fourth-order valence-corrected chi connectivity index (χ4v) is 2.38. The number of hydrogen-bond acceptors (Lipinski definition) is 3. The van der Waals surface area contributed by atoms with Crippen molar-refractivity contribution in [3.05, 3.63) is 54.6 Å². The summed E-state index contributed by atoms with van der Waals surface area (Å²) in [6, 6.07) is 5.56. The zero-order chi connectivity index (χ0) is 16.5. The largest absolute Gasteiger partial charge is 0.398 e. The summed E-state index contributed by atoms with van der Waals surface area (Å²) in [7, 11) is 0. The van der Waals surface area contributed by atoms with Crippen LogP contribution in [0, 0.1) is 0 Å². The van der Waals surface area contributed by atoms with Crippen LogP contribution in [0.1, 0.15) is 29.8 Å². The maximum atomic E-state index is 12.3. The number of nitrogens with zero attached hydrogens (tertiary/aromatic N) is 2. The lowest BCUT2D eigenvalue weighted by atomic mass is 10.1. The van der Waals surface area contributed by atoms with E-state index < -0.39 is 0 Å². The lowest BCUT2D eigenvalue weighted by Gasteiger charge is -2.21. The van der Waals surface area contributed by atoms with Crippen molar-refractivity contribution in [3.63, 3.8) is 0 Å². The number of carbonyl (C=O) groups is 1. The van der Waals surface area contributed by atoms with Gasteiger partial charge in [-0.2, -0.15) is 0 Å². The van der Waals surface area contributed by atoms with Crippen molar-refractivity contribution >= 4 is 11.6 Å². The van der Waals surface area contributed by atoms with E-state index in [-0.39, 0.29) is 5.91 Å². The van der Waals surface area contributed by atoms with Crippen LogP contribution in [0.3, 0.4) is 0 Å². The van der Waals surface area contributed by atoms with Crippen LogP contribution in [-0.2, 0) is 6.54 Å². The highest BCUT2D eigenvalue weighted by molar-refractivity contribution is 5.95. The maximum absolute atomic E-state index is 12.3. The van der Waals surface area contributed by atoms with Gasteiger partial charge in [0.05, 0.1) is 0 Å². The third-order valence-electron chi connectivity index (χ3n) is 3.61. The standard InChI is InChI=1S/C18H27N3O/c1-5-11-20(12-6-2)14-16-10-9-15(13-17(16)19)18(22)21(7-3)8-4/h5-6,9-10,13H,1-2,7-8,11-12,14,19H2,3-4H3. The quantitative estimate of drug-likeness (QED) is 0.563. The van der Waals surface area contributed by atoms with Gasteiger partial charge in [-0.3, -0.25) is 9.69 Å². The van der Waals surface area contributed by atoms with E-state index in [1.807, 2.05) is 38.1 Å². The van der Waals surface area contributed by atoms with E-state index >= 15 is 0 Å². The third-order valence-corrected chi connectivity index (χ3v) is 3.61. The minimum Gasteiger partial charge on any atom is -0.398 e. The predicted octanol–water partition coefficient (Wildman–Crippen LogP) is 2.92. The fraction of sp³-hybridized carbons (Fsp3) is 0.389. The molecule has 1 aromatic carbocycles. The molecule has 120 valence electrons. The molecular formula is C18H27N3O. The molecule has 1 rings (SSSR count). The average molecular weight is 301 g/mol. The van der Waals surface area contributed by atoms with Gasteiger partial charge in [0.15, 0.2) is 0 Å². The van der Waals surface area contributed by atoms with Gasteiger partial charge in [-0.25, -0.2) is 0 Å². The number of carbonyl (C=O) groups excluding carboxylic acids is 1. The Balaban J connectivity index is 2.91. The van der Waals surface area contributed by atoms with E-state index in [1.54, 1.807) is 11.0 Å². The molecule has 0 aliphatic heterocycles. The minimum atomic E-state index is 0.0253. The van der Waals surface area contributed by atoms with Gasteiger partial charge < -0.3 is 10.6 Å². The van der Waals surface area contributed by atoms with Crippen LogP contribution in [0.5, 0.6) is 0 Å². The molecule has 1 aromatic rings. The number of rotatable bonds is 9. The van der Waals surface area contributed by atoms with Gasteiger partial charge in [-0.15, -0.1) is 13.2 Å². The first-order valence-electron chi connectivity index (χ1n) is 7.69. The van der Waals surface area contributed by atoms with Crippen molar-refractivity contribution in [1.82, 2.24) is 9.80 Å². The second-order valence-corrected chi connectivity index (χ2v) is 5.16. The van der Waals surface area contributed by atoms with E-state index in [4.69, 9.17) is 5.73 Å². The van der Waals surface area contributed by atoms with E-state index in [2.05, 4.69) is 18.1 Å². The molecule has 0 aromatic heterocycles. The first-order valence-corrected chi connectivity index (χ1v) is 7.69. The molecule has 0 spiro atoms. The molecule has 0 saturated heterocycles. The Morgan fingerprint density at radius 2 is 1.77 bits per heavy atom. The van der Waals surface area contributed by atoms with Gasteiger partial charge in [0.1, 0.15) is 0 Å². The summed E-state index contributed by atoms with van der Waals surface area (Å²) in [4.78, 5) is 16.3. The van der Waals surface area contributed by atoms with Crippen molar-refractivity contribution in [2.75, 3.05) is 31.9 Å². The molecule has 0 radical (unpaired) electrons. The Morgan fingerprint density at radius 3 is 2.23 bits per heavy atom. The summed E-state index contributed by atoms with van der Waals surface area (Å²) in [6.45, 7) is 15.1. The van der Waals surface area contributed by atoms with Crippen molar-refractivity contribution in [2.24, 2.45) is 0 Å². The first kappa shape index (κ1) is 18.0. The van der Waals surface area contributed by atoms with Crippen LogP contribution in [-0.4, -0.2) is 41.9 Å². The van der Waals surface area contributed by atoms with Gasteiger partial charge in [0, 0.05) is 44.0 Å². The van der Waals surface area contributed by atoms with E-state index in [0.717, 1.165) is 18.7 Å². The summed E-state index contributed by atoms with van der Waals surface area (Å²) in [5, 5.41) is 0. The molecule has 1 amide bonds. The molecule has 2 N–H and O–H groups in total. The van der Waals surface area contributed by atoms with Gasteiger partial charge in [0.25, 0.3) is 5.91 Å². The van der Waals surface area contributed by atoms with Crippen molar-refractivity contribution < 1.29 is 4.79 Å². The van der Waals surface area contributed by atoms with Crippen LogP contribution >= 0.6 is 0 Å². The van der Waals surface area contributed by atoms with Crippen molar-refractivity contribution in [3.8, 4) is 0 Å². The molecule has 4 heteroatoms. The highest BCUT2D eigenvalue weighted by Gasteiger charge is 2.14. The SMILES string of the molecule is C=CCN(CC=C)Cc1ccc(C(=O)N(CC)CC)cc1N. The molecule has 0 unspecified atom stereocenters. The second-order valence-electron chi connectivity index (χ2n) is 5.16. The summed E-state index contributed by atoms with van der Waals surface area (Å²) in [5.74, 6) is 0.0253. The van der Waals surface area contributed by atoms with E-state index in [9.17, 15) is 4.79 Å². The third kappa shape index (κ3) is 4.74. The lowest BCUT2D eigenvalue weighted by molar-refractivity contribution is 0.0773. The average Bonchev–Trinajstić information content (AvgIpc) is 2.50. The number of anilines is 1. The highest BCUT2D eigenvalue weighted by Crippen LogP contribution is 2.18. The van der Waals surface area contributed by atoms with E-state index in [0.29, 0.717) is 30.9 Å². The van der Waals surface area contributed by atoms with Gasteiger partial charge in [-0.1, -0.05) is 18.2 Å². The molecule has 0 atom stereocenters. The molecular weight excluding hydrogens is 274 g/mol. The van der Waals surface area contributed by atoms with Gasteiger partial charge >= 0.3 is 0 Å². The van der Waals surface area contributed by atoms with Gasteiger partial charge in [-0.05, 0) is 31.5 Å². The summed E-state index contributed by atoms with van der Waals surface area (Å²) in [6.07, 6.45) is 3.72. The lowest BCUT2D eigenvalue weighted by Crippen LogP contribution is -2.30.